The van der Waals surface area contributed by atoms with E-state index in [2.05, 4.69) is 15.8 Å². The summed E-state index contributed by atoms with van der Waals surface area (Å²) in [6, 6.07) is 12.2. The Balaban J connectivity index is 1.86. The van der Waals surface area contributed by atoms with E-state index in [0.29, 0.717) is 35.1 Å². The molecule has 2 N–H and O–H groups in total. The van der Waals surface area contributed by atoms with Crippen molar-refractivity contribution < 1.29 is 23.8 Å². The lowest BCUT2D eigenvalue weighted by Crippen LogP contribution is -2.24. The molecule has 0 radical (unpaired) electrons. The zero-order chi connectivity index (χ0) is 20.4. The molecule has 0 aromatic heterocycles. The largest absolute Gasteiger partial charge is 0.494 e. The van der Waals surface area contributed by atoms with E-state index < -0.39 is 11.8 Å². The van der Waals surface area contributed by atoms with Gasteiger partial charge in [-0.1, -0.05) is 6.07 Å². The summed E-state index contributed by atoms with van der Waals surface area (Å²) in [5.74, 6) is 0.765. The molecular weight excluding hydrogens is 362 g/mol. The number of nitrogens with one attached hydrogen (secondary N) is 2. The van der Waals surface area contributed by atoms with Gasteiger partial charge < -0.3 is 19.5 Å². The van der Waals surface area contributed by atoms with Crippen molar-refractivity contribution in [2.45, 2.75) is 13.3 Å². The number of methoxy groups -OCH3 is 2. The molecule has 0 atom stereocenters. The van der Waals surface area contributed by atoms with Crippen LogP contribution in [0, 0.1) is 0 Å². The first-order valence-electron chi connectivity index (χ1n) is 8.63. The van der Waals surface area contributed by atoms with Gasteiger partial charge in [-0.3, -0.25) is 9.59 Å². The molecule has 8 nitrogen and oxygen atoms in total. The molecule has 2 aromatic carbocycles. The van der Waals surface area contributed by atoms with Crippen molar-refractivity contribution in [3.63, 3.8) is 0 Å². The van der Waals surface area contributed by atoms with Gasteiger partial charge in [0.15, 0.2) is 11.5 Å². The van der Waals surface area contributed by atoms with Crippen LogP contribution in [0.4, 0.5) is 5.69 Å². The lowest BCUT2D eigenvalue weighted by Gasteiger charge is -2.09. The van der Waals surface area contributed by atoms with E-state index in [1.165, 1.54) is 20.4 Å². The van der Waals surface area contributed by atoms with Crippen molar-refractivity contribution >= 4 is 23.7 Å². The lowest BCUT2D eigenvalue weighted by molar-refractivity contribution is -0.126. The molecule has 0 saturated heterocycles. The molecule has 8 heteroatoms. The van der Waals surface area contributed by atoms with Gasteiger partial charge in [-0.25, -0.2) is 5.43 Å². The summed E-state index contributed by atoms with van der Waals surface area (Å²) in [5, 5.41) is 6.50. The third kappa shape index (κ3) is 6.01. The summed E-state index contributed by atoms with van der Waals surface area (Å²) in [5.41, 5.74) is 3.52. The fraction of sp³-hybridized carbons (Fsp3) is 0.250. The number of amides is 2. The average Bonchev–Trinajstić information content (AvgIpc) is 2.69. The Morgan fingerprint density at radius 2 is 1.79 bits per heavy atom. The fourth-order valence-corrected chi connectivity index (χ4v) is 2.38. The van der Waals surface area contributed by atoms with Crippen LogP contribution in [0.3, 0.4) is 0 Å². The molecule has 0 bridgehead atoms. The molecule has 28 heavy (non-hydrogen) atoms. The molecular formula is C20H23N3O5. The maximum Gasteiger partial charge on any atom is 0.249 e. The predicted octanol–water partition coefficient (Wildman–Crippen LogP) is 2.58. The van der Waals surface area contributed by atoms with E-state index in [4.69, 9.17) is 14.2 Å². The summed E-state index contributed by atoms with van der Waals surface area (Å²) < 4.78 is 15.8. The normalized spacial score (nSPS) is 10.4. The number of hydrogen-bond donors (Lipinski definition) is 2. The van der Waals surface area contributed by atoms with Crippen molar-refractivity contribution in [2.24, 2.45) is 5.10 Å². The Labute approximate surface area is 163 Å². The Bertz CT molecular complexity index is 834. The van der Waals surface area contributed by atoms with E-state index >= 15 is 0 Å². The second-order valence-corrected chi connectivity index (χ2v) is 5.56. The highest BCUT2D eigenvalue weighted by atomic mass is 16.5. The molecule has 0 unspecified atom stereocenters. The predicted molar refractivity (Wildman–Crippen MR) is 106 cm³/mol. The molecule has 0 aliphatic rings. The van der Waals surface area contributed by atoms with E-state index in [-0.39, 0.29) is 6.42 Å². The van der Waals surface area contributed by atoms with Gasteiger partial charge in [-0.2, -0.15) is 5.10 Å². The molecule has 0 saturated carbocycles. The number of hydrogen-bond acceptors (Lipinski definition) is 6. The average molecular weight is 385 g/mol. The minimum Gasteiger partial charge on any atom is -0.494 e. The quantitative estimate of drug-likeness (QED) is 0.393. The van der Waals surface area contributed by atoms with Gasteiger partial charge >= 0.3 is 0 Å². The highest BCUT2D eigenvalue weighted by Crippen LogP contribution is 2.29. The minimum absolute atomic E-state index is 0.361. The molecule has 2 aromatic rings. The topological polar surface area (TPSA) is 98.2 Å². The van der Waals surface area contributed by atoms with Crippen molar-refractivity contribution in [2.75, 3.05) is 26.1 Å². The molecule has 2 amide bonds. The van der Waals surface area contributed by atoms with E-state index in [9.17, 15) is 9.59 Å². The third-order valence-corrected chi connectivity index (χ3v) is 3.60. The van der Waals surface area contributed by atoms with Crippen LogP contribution in [0.2, 0.25) is 0 Å². The SMILES string of the molecule is CCOc1ccc(NC(=O)CC(=O)NN=Cc2cccc(OC)c2OC)cc1. The van der Waals surface area contributed by atoms with Gasteiger partial charge in [0.1, 0.15) is 12.2 Å². The first-order valence-corrected chi connectivity index (χ1v) is 8.63. The summed E-state index contributed by atoms with van der Waals surface area (Å²) in [7, 11) is 3.04. The molecule has 148 valence electrons. The smallest absolute Gasteiger partial charge is 0.249 e. The van der Waals surface area contributed by atoms with E-state index in [1.54, 1.807) is 42.5 Å². The number of ether oxygens (including phenoxy) is 3. The van der Waals surface area contributed by atoms with Gasteiger partial charge in [0.2, 0.25) is 11.8 Å². The number of rotatable bonds is 9. The van der Waals surface area contributed by atoms with Crippen LogP contribution in [-0.4, -0.2) is 38.9 Å². The molecule has 0 aliphatic carbocycles. The number of benzene rings is 2. The summed E-state index contributed by atoms with van der Waals surface area (Å²) in [4.78, 5) is 23.8. The summed E-state index contributed by atoms with van der Waals surface area (Å²) in [6.45, 7) is 2.45. The van der Waals surface area contributed by atoms with Crippen LogP contribution >= 0.6 is 0 Å². The molecule has 0 fully saturated rings. The number of para-hydroxylation sites is 1. The maximum atomic E-state index is 12.0. The summed E-state index contributed by atoms with van der Waals surface area (Å²) in [6.07, 6.45) is 1.06. The molecule has 0 spiro atoms. The van der Waals surface area contributed by atoms with Crippen molar-refractivity contribution in [1.29, 1.82) is 0 Å². The number of carbonyl (C=O) groups is 2. The highest BCUT2D eigenvalue weighted by Gasteiger charge is 2.10. The number of carbonyl (C=O) groups excluding carboxylic acids is 2. The van der Waals surface area contributed by atoms with Crippen LogP contribution in [0.5, 0.6) is 17.2 Å². The second-order valence-electron chi connectivity index (χ2n) is 5.56. The monoisotopic (exact) mass is 385 g/mol. The van der Waals surface area contributed by atoms with Crippen LogP contribution in [0.15, 0.2) is 47.6 Å². The molecule has 0 heterocycles. The summed E-state index contributed by atoms with van der Waals surface area (Å²) >= 11 is 0. The second kappa shape index (κ2) is 10.6. The Morgan fingerprint density at radius 3 is 2.43 bits per heavy atom. The first-order chi connectivity index (χ1) is 13.6. The van der Waals surface area contributed by atoms with Gasteiger partial charge in [-0.05, 0) is 43.3 Å². The maximum absolute atomic E-state index is 12.0. The van der Waals surface area contributed by atoms with Gasteiger partial charge in [0, 0.05) is 11.3 Å². The minimum atomic E-state index is -0.540. The van der Waals surface area contributed by atoms with Crippen LogP contribution in [-0.2, 0) is 9.59 Å². The number of nitrogens with zero attached hydrogens (tertiary/aromatic N) is 1. The van der Waals surface area contributed by atoms with Gasteiger partial charge in [0.25, 0.3) is 0 Å². The van der Waals surface area contributed by atoms with Crippen molar-refractivity contribution in [3.05, 3.63) is 48.0 Å². The Hall–Kier alpha value is -3.55. The Morgan fingerprint density at radius 1 is 1.04 bits per heavy atom. The molecule has 0 aliphatic heterocycles. The fourth-order valence-electron chi connectivity index (χ4n) is 2.38. The van der Waals surface area contributed by atoms with E-state index in [0.717, 1.165) is 0 Å². The van der Waals surface area contributed by atoms with Crippen LogP contribution in [0.25, 0.3) is 0 Å². The zero-order valence-corrected chi connectivity index (χ0v) is 16.0. The number of anilines is 1. The third-order valence-electron chi connectivity index (χ3n) is 3.60. The Kier molecular flexibility index (Phi) is 7.83. The first kappa shape index (κ1) is 20.8. The van der Waals surface area contributed by atoms with Crippen LogP contribution in [0.1, 0.15) is 18.9 Å². The number of hydrazone groups is 1. The standard InChI is InChI=1S/C20H23N3O5/c1-4-28-16-10-8-15(9-11-16)22-18(24)12-19(25)23-21-13-14-6-5-7-17(26-2)20(14)27-3/h5-11,13H,4,12H2,1-3H3,(H,22,24)(H,23,25). The molecule has 2 rings (SSSR count). The lowest BCUT2D eigenvalue weighted by atomic mass is 10.2. The highest BCUT2D eigenvalue weighted by molar-refractivity contribution is 6.03. The van der Waals surface area contributed by atoms with Crippen molar-refractivity contribution in [3.8, 4) is 17.2 Å². The zero-order valence-electron chi connectivity index (χ0n) is 16.0. The van der Waals surface area contributed by atoms with E-state index in [1.807, 2.05) is 6.92 Å². The van der Waals surface area contributed by atoms with Crippen molar-refractivity contribution in [1.82, 2.24) is 5.43 Å². The van der Waals surface area contributed by atoms with Gasteiger partial charge in [-0.15, -0.1) is 0 Å². The van der Waals surface area contributed by atoms with Crippen LogP contribution < -0.4 is 25.0 Å². The van der Waals surface area contributed by atoms with Gasteiger partial charge in [0.05, 0.1) is 27.0 Å².